The molecule has 0 amide bonds. The van der Waals surface area contributed by atoms with Crippen LogP contribution in [0.25, 0.3) is 0 Å². The average Bonchev–Trinajstić information content (AvgIpc) is 2.83. The Balaban J connectivity index is 1.99. The van der Waals surface area contributed by atoms with Gasteiger partial charge in [-0.2, -0.15) is 0 Å². The first-order valence-corrected chi connectivity index (χ1v) is 6.15. The predicted octanol–water partition coefficient (Wildman–Crippen LogP) is 3.59. The van der Waals surface area contributed by atoms with Crippen LogP contribution in [0.1, 0.15) is 27.8 Å². The number of thiophene rings is 1. The van der Waals surface area contributed by atoms with Crippen molar-refractivity contribution in [3.63, 3.8) is 0 Å². The molecule has 1 aromatic carbocycles. The van der Waals surface area contributed by atoms with Gasteiger partial charge in [-0.15, -0.1) is 11.3 Å². The van der Waals surface area contributed by atoms with Gasteiger partial charge in [0.1, 0.15) is 17.7 Å². The summed E-state index contributed by atoms with van der Waals surface area (Å²) in [5.41, 5.74) is 0.345. The molecule has 0 saturated carbocycles. The molecular weight excluding hydrogens is 239 g/mol. The highest BCUT2D eigenvalue weighted by Gasteiger charge is 2.28. The molecule has 86 valence electrons. The number of hydrogen-bond donors (Lipinski definition) is 0. The summed E-state index contributed by atoms with van der Waals surface area (Å²) in [6, 6.07) is 7.93. The van der Waals surface area contributed by atoms with Crippen molar-refractivity contribution in [2.45, 2.75) is 12.5 Å². The second-order valence-electron chi connectivity index (χ2n) is 3.89. The summed E-state index contributed by atoms with van der Waals surface area (Å²) in [5.74, 6) is 0.000439. The van der Waals surface area contributed by atoms with Crippen LogP contribution in [-0.4, -0.2) is 5.78 Å². The number of carbonyl (C=O) groups is 1. The normalized spacial score (nSPS) is 18.6. The molecule has 1 aliphatic rings. The first kappa shape index (κ1) is 10.5. The van der Waals surface area contributed by atoms with E-state index >= 15 is 0 Å². The molecule has 0 fully saturated rings. The molecular formula is C13H9FO2S. The van der Waals surface area contributed by atoms with Crippen LogP contribution >= 0.6 is 11.3 Å². The number of carbonyl (C=O) groups excluding carboxylic acids is 1. The van der Waals surface area contributed by atoms with Crippen molar-refractivity contribution < 1.29 is 13.9 Å². The molecule has 2 nitrogen and oxygen atoms in total. The zero-order valence-electron chi connectivity index (χ0n) is 8.85. The minimum absolute atomic E-state index is 0.0656. The van der Waals surface area contributed by atoms with Gasteiger partial charge in [0.15, 0.2) is 5.78 Å². The Hall–Kier alpha value is -1.68. The molecule has 0 saturated heterocycles. The van der Waals surface area contributed by atoms with Crippen molar-refractivity contribution in [1.29, 1.82) is 0 Å². The van der Waals surface area contributed by atoms with Gasteiger partial charge in [-0.25, -0.2) is 4.39 Å². The fourth-order valence-corrected chi connectivity index (χ4v) is 2.68. The van der Waals surface area contributed by atoms with Gasteiger partial charge >= 0.3 is 0 Å². The van der Waals surface area contributed by atoms with E-state index < -0.39 is 5.82 Å². The smallest absolute Gasteiger partial charge is 0.170 e. The first-order valence-electron chi connectivity index (χ1n) is 5.27. The lowest BCUT2D eigenvalue weighted by Gasteiger charge is -2.24. The van der Waals surface area contributed by atoms with E-state index in [0.29, 0.717) is 11.3 Å². The number of ether oxygens (including phenoxy) is 1. The highest BCUT2D eigenvalue weighted by molar-refractivity contribution is 7.10. The quantitative estimate of drug-likeness (QED) is 0.770. The summed E-state index contributed by atoms with van der Waals surface area (Å²) < 4.78 is 18.8. The summed E-state index contributed by atoms with van der Waals surface area (Å²) in [4.78, 5) is 12.9. The minimum atomic E-state index is -0.407. The fourth-order valence-electron chi connectivity index (χ4n) is 1.93. The molecule has 17 heavy (non-hydrogen) atoms. The average molecular weight is 248 g/mol. The Morgan fingerprint density at radius 3 is 3.00 bits per heavy atom. The lowest BCUT2D eigenvalue weighted by atomic mass is 10.00. The van der Waals surface area contributed by atoms with Crippen LogP contribution in [0, 0.1) is 5.82 Å². The van der Waals surface area contributed by atoms with Crippen LogP contribution in [0.5, 0.6) is 5.75 Å². The van der Waals surface area contributed by atoms with Crippen molar-refractivity contribution in [3.05, 3.63) is 52.0 Å². The zero-order chi connectivity index (χ0) is 11.8. The maximum Gasteiger partial charge on any atom is 0.170 e. The Morgan fingerprint density at radius 1 is 1.35 bits per heavy atom. The Labute approximate surface area is 102 Å². The maximum absolute atomic E-state index is 13.0. The van der Waals surface area contributed by atoms with E-state index in [1.165, 1.54) is 18.2 Å². The lowest BCUT2D eigenvalue weighted by Crippen LogP contribution is -2.19. The number of ketones is 1. The third-order valence-corrected chi connectivity index (χ3v) is 3.71. The van der Waals surface area contributed by atoms with Crippen molar-refractivity contribution in [1.82, 2.24) is 0 Å². The fraction of sp³-hybridized carbons (Fsp3) is 0.154. The van der Waals surface area contributed by atoms with Crippen LogP contribution < -0.4 is 4.74 Å². The molecule has 4 heteroatoms. The number of fused-ring (bicyclic) bond motifs is 1. The van der Waals surface area contributed by atoms with E-state index in [2.05, 4.69) is 0 Å². The molecule has 2 aromatic rings. The number of rotatable bonds is 1. The topological polar surface area (TPSA) is 26.3 Å². The van der Waals surface area contributed by atoms with Gasteiger partial charge in [-0.05, 0) is 29.6 Å². The molecule has 0 bridgehead atoms. The minimum Gasteiger partial charge on any atom is -0.484 e. The van der Waals surface area contributed by atoms with Gasteiger partial charge in [0.2, 0.25) is 0 Å². The third kappa shape index (κ3) is 1.85. The van der Waals surface area contributed by atoms with Gasteiger partial charge in [0.25, 0.3) is 0 Å². The summed E-state index contributed by atoms with van der Waals surface area (Å²) in [6.45, 7) is 0. The van der Waals surface area contributed by atoms with Crippen LogP contribution in [-0.2, 0) is 0 Å². The van der Waals surface area contributed by atoms with Crippen LogP contribution in [0.4, 0.5) is 4.39 Å². The summed E-state index contributed by atoms with van der Waals surface area (Å²) >= 11 is 1.56. The number of halogens is 1. The Bertz CT molecular complexity index is 563. The maximum atomic E-state index is 13.0. The highest BCUT2D eigenvalue weighted by atomic mass is 32.1. The lowest BCUT2D eigenvalue weighted by molar-refractivity contribution is 0.0853. The molecule has 0 aliphatic carbocycles. The van der Waals surface area contributed by atoms with Gasteiger partial charge in [-0.1, -0.05) is 6.07 Å². The van der Waals surface area contributed by atoms with Gasteiger partial charge in [-0.3, -0.25) is 4.79 Å². The van der Waals surface area contributed by atoms with Crippen LogP contribution in [0.15, 0.2) is 35.7 Å². The van der Waals surface area contributed by atoms with E-state index in [1.54, 1.807) is 11.3 Å². The molecule has 0 spiro atoms. The standard InChI is InChI=1S/C13H9FO2S/c14-8-3-4-11-9(6-8)10(15)7-12(16-11)13-2-1-5-17-13/h1-6,12H,7H2. The largest absolute Gasteiger partial charge is 0.484 e. The van der Waals surface area contributed by atoms with Crippen molar-refractivity contribution in [2.24, 2.45) is 0 Å². The summed E-state index contributed by atoms with van der Waals surface area (Å²) in [5, 5.41) is 1.95. The van der Waals surface area contributed by atoms with Gasteiger partial charge in [0.05, 0.1) is 12.0 Å². The van der Waals surface area contributed by atoms with Crippen molar-refractivity contribution >= 4 is 17.1 Å². The van der Waals surface area contributed by atoms with E-state index in [0.717, 1.165) is 4.88 Å². The Kier molecular flexibility index (Phi) is 2.44. The predicted molar refractivity (Wildman–Crippen MR) is 63.0 cm³/mol. The third-order valence-electron chi connectivity index (χ3n) is 2.74. The number of hydrogen-bond acceptors (Lipinski definition) is 3. The number of Topliss-reactive ketones (excluding diaryl/α,β-unsaturated/α-hetero) is 1. The highest BCUT2D eigenvalue weighted by Crippen LogP contribution is 2.36. The van der Waals surface area contributed by atoms with E-state index in [1.807, 2.05) is 17.5 Å². The summed E-state index contributed by atoms with van der Waals surface area (Å²) in [7, 11) is 0. The van der Waals surface area contributed by atoms with Crippen molar-refractivity contribution in [2.75, 3.05) is 0 Å². The Morgan fingerprint density at radius 2 is 2.24 bits per heavy atom. The number of benzene rings is 1. The SMILES string of the molecule is O=C1CC(c2cccs2)Oc2ccc(F)cc21. The van der Waals surface area contributed by atoms with Crippen LogP contribution in [0.2, 0.25) is 0 Å². The zero-order valence-corrected chi connectivity index (χ0v) is 9.67. The van der Waals surface area contributed by atoms with Crippen LogP contribution in [0.3, 0.4) is 0 Å². The molecule has 3 rings (SSSR count). The molecule has 1 aliphatic heterocycles. The molecule has 1 atom stereocenters. The molecule has 1 aromatic heterocycles. The molecule has 2 heterocycles. The van der Waals surface area contributed by atoms with E-state index in [4.69, 9.17) is 4.74 Å². The van der Waals surface area contributed by atoms with Gasteiger partial charge < -0.3 is 4.74 Å². The molecule has 0 N–H and O–H groups in total. The second kappa shape index (κ2) is 3.96. The van der Waals surface area contributed by atoms with Crippen molar-refractivity contribution in [3.8, 4) is 5.75 Å². The molecule has 0 radical (unpaired) electrons. The van der Waals surface area contributed by atoms with Gasteiger partial charge in [0, 0.05) is 4.88 Å². The van der Waals surface area contributed by atoms with E-state index in [-0.39, 0.29) is 18.3 Å². The monoisotopic (exact) mass is 248 g/mol. The molecule has 1 unspecified atom stereocenters. The second-order valence-corrected chi connectivity index (χ2v) is 4.87. The summed E-state index contributed by atoms with van der Waals surface area (Å²) in [6.07, 6.45) is 0.0391. The van der Waals surface area contributed by atoms with E-state index in [9.17, 15) is 9.18 Å². The first-order chi connectivity index (χ1) is 8.24.